The molecule has 0 bridgehead atoms. The summed E-state index contributed by atoms with van der Waals surface area (Å²) in [6.07, 6.45) is 3.86. The highest BCUT2D eigenvalue weighted by molar-refractivity contribution is 5.86. The van der Waals surface area contributed by atoms with Crippen LogP contribution in [0.2, 0.25) is 0 Å². The zero-order chi connectivity index (χ0) is 33.0. The van der Waals surface area contributed by atoms with E-state index in [1.165, 1.54) is 6.07 Å². The number of nitrogens with one attached hydrogen (secondary N) is 1. The van der Waals surface area contributed by atoms with Crippen molar-refractivity contribution in [2.24, 2.45) is 0 Å². The first-order valence-corrected chi connectivity index (χ1v) is 15.7. The monoisotopic (exact) mass is 617 g/mol. The first kappa shape index (κ1) is 32.5. The van der Waals surface area contributed by atoms with Crippen LogP contribution in [0, 0.1) is 5.82 Å². The number of rotatable bonds is 9. The summed E-state index contributed by atoms with van der Waals surface area (Å²) in [6.45, 7) is 9.40. The van der Waals surface area contributed by atoms with Crippen molar-refractivity contribution in [3.05, 3.63) is 188 Å². The molecule has 6 aromatic rings. The number of hydrogen-bond donors (Lipinski definition) is 1. The second kappa shape index (κ2) is 15.9. The van der Waals surface area contributed by atoms with Gasteiger partial charge < -0.3 is 15.1 Å². The molecule has 0 aliphatic heterocycles. The van der Waals surface area contributed by atoms with Crippen LogP contribution in [-0.2, 0) is 0 Å². The fraction of sp³-hybridized carbons (Fsp3) is 0.0698. The summed E-state index contributed by atoms with van der Waals surface area (Å²) in [5.41, 5.74) is 10.0. The highest BCUT2D eigenvalue weighted by Gasteiger charge is 2.18. The van der Waals surface area contributed by atoms with E-state index in [4.69, 9.17) is 0 Å². The number of benzene rings is 6. The van der Waals surface area contributed by atoms with E-state index in [0.717, 1.165) is 56.6 Å². The van der Waals surface area contributed by atoms with Gasteiger partial charge in [-0.15, -0.1) is 6.58 Å². The average molecular weight is 618 g/mol. The summed E-state index contributed by atoms with van der Waals surface area (Å²) >= 11 is 0. The zero-order valence-electron chi connectivity index (χ0n) is 27.1. The Balaban J connectivity index is 0.00000139. The maximum absolute atomic E-state index is 14.6. The fourth-order valence-electron chi connectivity index (χ4n) is 5.35. The molecule has 0 aromatic heterocycles. The van der Waals surface area contributed by atoms with Crippen molar-refractivity contribution in [3.63, 3.8) is 0 Å². The average Bonchev–Trinajstić information content (AvgIpc) is 3.11. The Morgan fingerprint density at radius 3 is 1.49 bits per heavy atom. The van der Waals surface area contributed by atoms with Crippen molar-refractivity contribution in [2.45, 2.75) is 20.8 Å². The smallest absolute Gasteiger partial charge is 0.125 e. The highest BCUT2D eigenvalue weighted by atomic mass is 19.1. The maximum atomic E-state index is 14.6. The van der Waals surface area contributed by atoms with Crippen LogP contribution < -0.4 is 15.1 Å². The second-order valence-corrected chi connectivity index (χ2v) is 10.9. The lowest BCUT2D eigenvalue weighted by molar-refractivity contribution is 0.628. The molecule has 0 aliphatic carbocycles. The number of hydrogen-bond acceptors (Lipinski definition) is 3. The molecule has 3 nitrogen and oxygen atoms in total. The summed E-state index contributed by atoms with van der Waals surface area (Å²) in [4.78, 5) is 4.33. The lowest BCUT2D eigenvalue weighted by Crippen LogP contribution is -2.12. The van der Waals surface area contributed by atoms with Gasteiger partial charge in [0, 0.05) is 51.1 Å². The molecule has 0 saturated carbocycles. The molecule has 0 amide bonds. The Bertz CT molecular complexity index is 1860. The molecule has 0 heterocycles. The molecular formula is C43H40FN3. The molecular weight excluding hydrogens is 577 g/mol. The summed E-state index contributed by atoms with van der Waals surface area (Å²) in [7, 11) is 0. The highest BCUT2D eigenvalue weighted by Crippen LogP contribution is 2.41. The molecule has 0 aliphatic rings. The van der Waals surface area contributed by atoms with Gasteiger partial charge in [0.1, 0.15) is 5.82 Å². The third-order valence-electron chi connectivity index (χ3n) is 7.63. The van der Waals surface area contributed by atoms with Gasteiger partial charge in [-0.05, 0) is 123 Å². The van der Waals surface area contributed by atoms with Gasteiger partial charge in [-0.3, -0.25) is 0 Å². The zero-order valence-corrected chi connectivity index (χ0v) is 27.1. The molecule has 4 heteroatoms. The van der Waals surface area contributed by atoms with Crippen LogP contribution in [0.15, 0.2) is 176 Å². The third kappa shape index (κ3) is 8.05. The molecule has 0 radical (unpaired) electrons. The molecule has 0 saturated heterocycles. The predicted molar refractivity (Wildman–Crippen MR) is 201 cm³/mol. The summed E-state index contributed by atoms with van der Waals surface area (Å²) in [5, 5.41) is 3.57. The molecule has 6 rings (SSSR count). The van der Waals surface area contributed by atoms with Crippen molar-refractivity contribution in [2.75, 3.05) is 15.1 Å². The Morgan fingerprint density at radius 1 is 0.553 bits per heavy atom. The Labute approximate surface area is 278 Å². The van der Waals surface area contributed by atoms with E-state index in [2.05, 4.69) is 114 Å². The predicted octanol–water partition coefficient (Wildman–Crippen LogP) is 13.1. The summed E-state index contributed by atoms with van der Waals surface area (Å²) < 4.78 is 14.6. The Hall–Kier alpha value is -5.87. The number of nitrogens with zero attached hydrogens (tertiary/aromatic N) is 2. The maximum Gasteiger partial charge on any atom is 0.125 e. The number of halogens is 1. The molecule has 47 heavy (non-hydrogen) atoms. The topological polar surface area (TPSA) is 18.5 Å². The van der Waals surface area contributed by atoms with Crippen LogP contribution in [0.25, 0.3) is 5.57 Å². The molecule has 0 fully saturated rings. The summed E-state index contributed by atoms with van der Waals surface area (Å²) in [5.74, 6) is -0.282. The Kier molecular flexibility index (Phi) is 11.0. The van der Waals surface area contributed by atoms with Crippen LogP contribution >= 0.6 is 0 Å². The van der Waals surface area contributed by atoms with Crippen molar-refractivity contribution < 1.29 is 4.39 Å². The van der Waals surface area contributed by atoms with E-state index in [0.29, 0.717) is 0 Å². The van der Waals surface area contributed by atoms with Crippen molar-refractivity contribution in [1.82, 2.24) is 0 Å². The van der Waals surface area contributed by atoms with Crippen molar-refractivity contribution >= 4 is 51.1 Å². The van der Waals surface area contributed by atoms with E-state index in [-0.39, 0.29) is 5.82 Å². The molecule has 0 atom stereocenters. The molecule has 234 valence electrons. The van der Waals surface area contributed by atoms with Crippen LogP contribution in [0.4, 0.5) is 49.9 Å². The van der Waals surface area contributed by atoms with E-state index < -0.39 is 0 Å². The summed E-state index contributed by atoms with van der Waals surface area (Å²) in [6, 6.07) is 52.3. The van der Waals surface area contributed by atoms with Crippen LogP contribution in [-0.4, -0.2) is 0 Å². The van der Waals surface area contributed by atoms with Crippen LogP contribution in [0.5, 0.6) is 0 Å². The van der Waals surface area contributed by atoms with Crippen LogP contribution in [0.1, 0.15) is 26.3 Å². The molecule has 6 aromatic carbocycles. The second-order valence-electron chi connectivity index (χ2n) is 10.9. The largest absolute Gasteiger partial charge is 0.355 e. The fourth-order valence-corrected chi connectivity index (χ4v) is 5.35. The van der Waals surface area contributed by atoms with Crippen molar-refractivity contribution in [3.8, 4) is 0 Å². The van der Waals surface area contributed by atoms with Gasteiger partial charge in [0.2, 0.25) is 0 Å². The normalized spacial score (nSPS) is 10.8. The van der Waals surface area contributed by atoms with E-state index in [1.807, 2.05) is 74.5 Å². The number of para-hydroxylation sites is 3. The van der Waals surface area contributed by atoms with Gasteiger partial charge in [0.15, 0.2) is 0 Å². The van der Waals surface area contributed by atoms with E-state index >= 15 is 0 Å². The van der Waals surface area contributed by atoms with Gasteiger partial charge in [-0.1, -0.05) is 72.8 Å². The molecule has 0 unspecified atom stereocenters. The van der Waals surface area contributed by atoms with Crippen LogP contribution in [0.3, 0.4) is 0 Å². The third-order valence-corrected chi connectivity index (χ3v) is 7.63. The Morgan fingerprint density at radius 2 is 0.979 bits per heavy atom. The number of allylic oxidation sites excluding steroid dienone is 3. The number of anilines is 8. The molecule has 1 N–H and O–H groups in total. The van der Waals surface area contributed by atoms with Gasteiger partial charge in [0.05, 0.1) is 0 Å². The lowest BCUT2D eigenvalue weighted by atomic mass is 10.0. The minimum Gasteiger partial charge on any atom is -0.355 e. The van der Waals surface area contributed by atoms with Gasteiger partial charge in [-0.2, -0.15) is 0 Å². The van der Waals surface area contributed by atoms with E-state index in [9.17, 15) is 4.39 Å². The quantitative estimate of drug-likeness (QED) is 0.163. The molecule has 0 spiro atoms. The van der Waals surface area contributed by atoms with Gasteiger partial charge >= 0.3 is 0 Å². The first-order chi connectivity index (χ1) is 23.0. The van der Waals surface area contributed by atoms with Crippen molar-refractivity contribution in [1.29, 1.82) is 0 Å². The minimum atomic E-state index is -0.282. The van der Waals surface area contributed by atoms with Gasteiger partial charge in [0.25, 0.3) is 0 Å². The SMILES string of the molecule is C/C=C(\C)c1cc(N(c2ccc(N(c3ccccc3)c3ccccc3)cc2)c2cccc(F)c2)ccc1Nc1ccccc1.C=CC. The first-order valence-electron chi connectivity index (χ1n) is 15.7. The minimum absolute atomic E-state index is 0.282. The van der Waals surface area contributed by atoms with E-state index in [1.54, 1.807) is 18.2 Å². The standard InChI is InChI=1S/C40H34FN3.C3H6/c1-3-30(2)39-29-38(26-27-40(39)42-32-15-7-4-8-16-32)44(37-21-13-14-31(41)28-37)36-24-22-35(23-25-36)43(33-17-9-5-10-18-33)34-19-11-6-12-20-34;1-3-2/h3-29,42H,1-2H3;3H,1H2,2H3/b30-3+;. The lowest BCUT2D eigenvalue weighted by Gasteiger charge is -2.29. The van der Waals surface area contributed by atoms with Gasteiger partial charge in [-0.25, -0.2) is 4.39 Å².